The number of halogens is 1. The van der Waals surface area contributed by atoms with E-state index in [1.165, 1.54) is 5.56 Å². The second-order valence-corrected chi connectivity index (χ2v) is 3.66. The van der Waals surface area contributed by atoms with E-state index < -0.39 is 0 Å². The fraction of sp³-hybridized carbons (Fsp3) is 0.455. The van der Waals surface area contributed by atoms with Gasteiger partial charge < -0.3 is 5.73 Å². The lowest BCUT2D eigenvalue weighted by Gasteiger charge is -2.19. The first-order chi connectivity index (χ1) is 6.77. The minimum atomic E-state index is 0.693. The van der Waals surface area contributed by atoms with Gasteiger partial charge in [-0.1, -0.05) is 36.7 Å². The highest BCUT2D eigenvalue weighted by Gasteiger charge is 2.04. The van der Waals surface area contributed by atoms with Crippen LogP contribution in [0.1, 0.15) is 12.5 Å². The highest BCUT2D eigenvalue weighted by molar-refractivity contribution is 6.31. The minimum absolute atomic E-state index is 0.693. The van der Waals surface area contributed by atoms with E-state index in [0.29, 0.717) is 6.54 Å². The van der Waals surface area contributed by atoms with Crippen LogP contribution >= 0.6 is 11.6 Å². The lowest BCUT2D eigenvalue weighted by molar-refractivity contribution is 0.288. The van der Waals surface area contributed by atoms with E-state index in [2.05, 4.69) is 17.9 Å². The standard InChI is InChI=1S/C11H17ClN2/c1-2-14(8-7-13)9-10-5-3-4-6-11(10)12/h3-6H,2,7-9,13H2,1H3. The summed E-state index contributed by atoms with van der Waals surface area (Å²) in [6.07, 6.45) is 0. The van der Waals surface area contributed by atoms with E-state index in [1.54, 1.807) is 0 Å². The van der Waals surface area contributed by atoms with Crippen LogP contribution in [0, 0.1) is 0 Å². The molecule has 0 bridgehead atoms. The molecule has 78 valence electrons. The van der Waals surface area contributed by atoms with Gasteiger partial charge >= 0.3 is 0 Å². The molecule has 0 amide bonds. The van der Waals surface area contributed by atoms with Gasteiger partial charge in [-0.05, 0) is 18.2 Å². The van der Waals surface area contributed by atoms with E-state index >= 15 is 0 Å². The highest BCUT2D eigenvalue weighted by Crippen LogP contribution is 2.16. The number of hydrogen-bond acceptors (Lipinski definition) is 2. The van der Waals surface area contributed by atoms with Crippen molar-refractivity contribution in [1.29, 1.82) is 0 Å². The summed E-state index contributed by atoms with van der Waals surface area (Å²) in [7, 11) is 0. The van der Waals surface area contributed by atoms with Crippen LogP contribution in [-0.2, 0) is 6.54 Å². The monoisotopic (exact) mass is 212 g/mol. The molecule has 0 aliphatic carbocycles. The Morgan fingerprint density at radius 3 is 2.64 bits per heavy atom. The molecule has 2 N–H and O–H groups in total. The van der Waals surface area contributed by atoms with Crippen molar-refractivity contribution in [1.82, 2.24) is 4.90 Å². The first-order valence-corrected chi connectivity index (χ1v) is 5.31. The molecule has 0 atom stereocenters. The fourth-order valence-electron chi connectivity index (χ4n) is 1.40. The van der Waals surface area contributed by atoms with Crippen LogP contribution in [0.4, 0.5) is 0 Å². The number of nitrogens with two attached hydrogens (primary N) is 1. The molecule has 0 spiro atoms. The molecule has 0 aliphatic heterocycles. The van der Waals surface area contributed by atoms with E-state index in [-0.39, 0.29) is 0 Å². The highest BCUT2D eigenvalue weighted by atomic mass is 35.5. The van der Waals surface area contributed by atoms with Gasteiger partial charge in [-0.3, -0.25) is 4.90 Å². The Morgan fingerprint density at radius 2 is 2.07 bits per heavy atom. The zero-order valence-electron chi connectivity index (χ0n) is 8.54. The maximum atomic E-state index is 6.07. The molecule has 1 aromatic carbocycles. The first-order valence-electron chi connectivity index (χ1n) is 4.93. The predicted octanol–water partition coefficient (Wildman–Crippen LogP) is 2.12. The van der Waals surface area contributed by atoms with E-state index in [1.807, 2.05) is 18.2 Å². The molecule has 14 heavy (non-hydrogen) atoms. The van der Waals surface area contributed by atoms with E-state index in [0.717, 1.165) is 24.7 Å². The quantitative estimate of drug-likeness (QED) is 0.810. The third-order valence-electron chi connectivity index (χ3n) is 2.24. The number of benzene rings is 1. The number of nitrogens with zero attached hydrogens (tertiary/aromatic N) is 1. The molecular formula is C11H17ClN2. The summed E-state index contributed by atoms with van der Waals surface area (Å²) < 4.78 is 0. The van der Waals surface area contributed by atoms with Crippen molar-refractivity contribution in [2.24, 2.45) is 5.73 Å². The van der Waals surface area contributed by atoms with Gasteiger partial charge in [0.05, 0.1) is 0 Å². The number of likely N-dealkylation sites (N-methyl/N-ethyl adjacent to an activating group) is 1. The van der Waals surface area contributed by atoms with E-state index in [4.69, 9.17) is 17.3 Å². The second kappa shape index (κ2) is 6.02. The summed E-state index contributed by atoms with van der Waals surface area (Å²) in [6, 6.07) is 7.94. The number of rotatable bonds is 5. The topological polar surface area (TPSA) is 29.3 Å². The van der Waals surface area contributed by atoms with Crippen molar-refractivity contribution in [2.75, 3.05) is 19.6 Å². The molecular weight excluding hydrogens is 196 g/mol. The van der Waals surface area contributed by atoms with Gasteiger partial charge in [-0.15, -0.1) is 0 Å². The average molecular weight is 213 g/mol. The molecule has 0 saturated carbocycles. The Labute approximate surface area is 90.7 Å². The Bertz CT molecular complexity index is 276. The van der Waals surface area contributed by atoms with Crippen LogP contribution in [0.5, 0.6) is 0 Å². The minimum Gasteiger partial charge on any atom is -0.329 e. The molecule has 1 rings (SSSR count). The summed E-state index contributed by atoms with van der Waals surface area (Å²) in [5.74, 6) is 0. The largest absolute Gasteiger partial charge is 0.329 e. The lowest BCUT2D eigenvalue weighted by Crippen LogP contribution is -2.28. The zero-order chi connectivity index (χ0) is 10.4. The third-order valence-corrected chi connectivity index (χ3v) is 2.61. The second-order valence-electron chi connectivity index (χ2n) is 3.25. The molecule has 0 unspecified atom stereocenters. The summed E-state index contributed by atoms with van der Waals surface area (Å²) in [5, 5.41) is 0.836. The van der Waals surface area contributed by atoms with Gasteiger partial charge in [0.25, 0.3) is 0 Å². The van der Waals surface area contributed by atoms with Crippen LogP contribution in [0.2, 0.25) is 5.02 Å². The lowest BCUT2D eigenvalue weighted by atomic mass is 10.2. The van der Waals surface area contributed by atoms with Crippen LogP contribution in [0.25, 0.3) is 0 Å². The van der Waals surface area contributed by atoms with Gasteiger partial charge in [-0.2, -0.15) is 0 Å². The van der Waals surface area contributed by atoms with Crippen molar-refractivity contribution >= 4 is 11.6 Å². The zero-order valence-corrected chi connectivity index (χ0v) is 9.30. The fourth-order valence-corrected chi connectivity index (χ4v) is 1.59. The first kappa shape index (κ1) is 11.5. The van der Waals surface area contributed by atoms with Crippen molar-refractivity contribution in [3.63, 3.8) is 0 Å². The Balaban J connectivity index is 2.62. The molecule has 2 nitrogen and oxygen atoms in total. The third kappa shape index (κ3) is 3.29. The van der Waals surface area contributed by atoms with Crippen LogP contribution < -0.4 is 5.73 Å². The van der Waals surface area contributed by atoms with Gasteiger partial charge in [0.2, 0.25) is 0 Å². The summed E-state index contributed by atoms with van der Waals surface area (Å²) >= 11 is 6.07. The maximum Gasteiger partial charge on any atom is 0.0451 e. The maximum absolute atomic E-state index is 6.07. The van der Waals surface area contributed by atoms with Crippen LogP contribution in [0.3, 0.4) is 0 Å². The molecule has 0 radical (unpaired) electrons. The van der Waals surface area contributed by atoms with Gasteiger partial charge in [0.1, 0.15) is 0 Å². The van der Waals surface area contributed by atoms with Gasteiger partial charge in [0.15, 0.2) is 0 Å². The van der Waals surface area contributed by atoms with Crippen molar-refractivity contribution < 1.29 is 0 Å². The molecule has 0 fully saturated rings. The number of hydrogen-bond donors (Lipinski definition) is 1. The Kier molecular flexibility index (Phi) is 4.94. The van der Waals surface area contributed by atoms with Crippen molar-refractivity contribution in [2.45, 2.75) is 13.5 Å². The smallest absolute Gasteiger partial charge is 0.0451 e. The van der Waals surface area contributed by atoms with Crippen LogP contribution in [-0.4, -0.2) is 24.5 Å². The predicted molar refractivity (Wildman–Crippen MR) is 61.5 cm³/mol. The average Bonchev–Trinajstić information content (AvgIpc) is 2.20. The Morgan fingerprint density at radius 1 is 1.36 bits per heavy atom. The van der Waals surface area contributed by atoms with Gasteiger partial charge in [-0.25, -0.2) is 0 Å². The molecule has 3 heteroatoms. The molecule has 0 saturated heterocycles. The molecule has 0 aromatic heterocycles. The molecule has 1 aromatic rings. The molecule has 0 heterocycles. The van der Waals surface area contributed by atoms with Crippen molar-refractivity contribution in [3.8, 4) is 0 Å². The summed E-state index contributed by atoms with van der Waals surface area (Å²) in [5.41, 5.74) is 6.69. The Hall–Kier alpha value is -0.570. The van der Waals surface area contributed by atoms with Crippen molar-refractivity contribution in [3.05, 3.63) is 34.9 Å². The van der Waals surface area contributed by atoms with Crippen LogP contribution in [0.15, 0.2) is 24.3 Å². The summed E-state index contributed by atoms with van der Waals surface area (Å²) in [6.45, 7) is 5.63. The van der Waals surface area contributed by atoms with E-state index in [9.17, 15) is 0 Å². The SMILES string of the molecule is CCN(CCN)Cc1ccccc1Cl. The molecule has 0 aliphatic rings. The summed E-state index contributed by atoms with van der Waals surface area (Å²) in [4.78, 5) is 2.28. The van der Waals surface area contributed by atoms with Gasteiger partial charge in [0, 0.05) is 24.7 Å². The normalized spacial score (nSPS) is 10.9.